The molecule has 0 N–H and O–H groups in total. The van der Waals surface area contributed by atoms with Crippen molar-refractivity contribution in [1.82, 2.24) is 9.55 Å². The van der Waals surface area contributed by atoms with Gasteiger partial charge in [0.05, 0.1) is 27.7 Å². The van der Waals surface area contributed by atoms with Gasteiger partial charge in [0.1, 0.15) is 0 Å². The molecular formula is C62H40N2. The van der Waals surface area contributed by atoms with E-state index in [9.17, 15) is 0 Å². The van der Waals surface area contributed by atoms with E-state index in [-0.39, 0.29) is 0 Å². The molecular weight excluding hydrogens is 773 g/mol. The minimum Gasteiger partial charge on any atom is -0.309 e. The van der Waals surface area contributed by atoms with Crippen molar-refractivity contribution >= 4 is 43.5 Å². The maximum Gasteiger partial charge on any atom is 0.0788 e. The Balaban J connectivity index is 0.981. The number of hydrogen-bond acceptors (Lipinski definition) is 1. The molecule has 0 amide bonds. The molecule has 13 rings (SSSR count). The fourth-order valence-corrected chi connectivity index (χ4v) is 10.9. The summed E-state index contributed by atoms with van der Waals surface area (Å²) >= 11 is 0. The van der Waals surface area contributed by atoms with Crippen LogP contribution in [0.2, 0.25) is 0 Å². The summed E-state index contributed by atoms with van der Waals surface area (Å²) in [6, 6.07) is 88.8. The lowest BCUT2D eigenvalue weighted by Crippen LogP contribution is -2.28. The average molecular weight is 813 g/mol. The van der Waals surface area contributed by atoms with Crippen LogP contribution in [0.1, 0.15) is 22.3 Å². The molecule has 0 radical (unpaired) electrons. The van der Waals surface area contributed by atoms with Crippen LogP contribution < -0.4 is 0 Å². The SMILES string of the molecule is c1ccc(-c2nc3ccc(-c4ccc(-c5ccc6c(c5)C(c5ccccc5)(c5ccccc5)c5ccccc5-6)cc4)cc3c3c2ccc2c3c3ccccc3n2-c2ccccc2)cc1. The Morgan fingerprint density at radius 2 is 0.891 bits per heavy atom. The number of fused-ring (bicyclic) bond motifs is 10. The molecule has 2 heterocycles. The van der Waals surface area contributed by atoms with Gasteiger partial charge in [-0.1, -0.05) is 200 Å². The second kappa shape index (κ2) is 14.4. The van der Waals surface area contributed by atoms with E-state index in [0.29, 0.717) is 0 Å². The zero-order valence-corrected chi connectivity index (χ0v) is 35.0. The predicted molar refractivity (Wildman–Crippen MR) is 267 cm³/mol. The van der Waals surface area contributed by atoms with Gasteiger partial charge in [-0.3, -0.25) is 0 Å². The summed E-state index contributed by atoms with van der Waals surface area (Å²) in [6.07, 6.45) is 0. The quantitative estimate of drug-likeness (QED) is 0.153. The second-order valence-electron chi connectivity index (χ2n) is 17.0. The summed E-state index contributed by atoms with van der Waals surface area (Å²) in [5.74, 6) is 0. The second-order valence-corrected chi connectivity index (χ2v) is 17.0. The molecule has 10 aromatic carbocycles. The number of nitrogens with zero attached hydrogens (tertiary/aromatic N) is 2. The molecule has 0 bridgehead atoms. The zero-order chi connectivity index (χ0) is 42.2. The smallest absolute Gasteiger partial charge is 0.0788 e. The summed E-state index contributed by atoms with van der Waals surface area (Å²) in [7, 11) is 0. The van der Waals surface area contributed by atoms with Gasteiger partial charge in [-0.05, 0) is 98.1 Å². The lowest BCUT2D eigenvalue weighted by atomic mass is 9.67. The molecule has 1 aliphatic rings. The van der Waals surface area contributed by atoms with Crippen molar-refractivity contribution in [2.24, 2.45) is 0 Å². The van der Waals surface area contributed by atoms with Crippen LogP contribution in [-0.4, -0.2) is 9.55 Å². The number of rotatable bonds is 6. The van der Waals surface area contributed by atoms with Gasteiger partial charge in [0, 0.05) is 38.2 Å². The fourth-order valence-electron chi connectivity index (χ4n) is 10.9. The molecule has 298 valence electrons. The number of para-hydroxylation sites is 2. The third kappa shape index (κ3) is 5.36. The van der Waals surface area contributed by atoms with Crippen molar-refractivity contribution in [2.45, 2.75) is 5.41 Å². The van der Waals surface area contributed by atoms with Crippen LogP contribution in [0.25, 0.3) is 93.8 Å². The molecule has 1 aliphatic carbocycles. The lowest BCUT2D eigenvalue weighted by Gasteiger charge is -2.34. The van der Waals surface area contributed by atoms with Crippen molar-refractivity contribution in [3.05, 3.63) is 265 Å². The molecule has 12 aromatic rings. The fraction of sp³-hybridized carbons (Fsp3) is 0.0161. The number of aromatic nitrogens is 2. The Bertz CT molecular complexity index is 3700. The number of hydrogen-bond donors (Lipinski definition) is 0. The maximum atomic E-state index is 5.41. The van der Waals surface area contributed by atoms with Crippen LogP contribution in [0.4, 0.5) is 0 Å². The summed E-state index contributed by atoms with van der Waals surface area (Å²) in [4.78, 5) is 5.41. The molecule has 0 atom stereocenters. The molecule has 2 heteroatoms. The van der Waals surface area contributed by atoms with Crippen molar-refractivity contribution in [3.63, 3.8) is 0 Å². The topological polar surface area (TPSA) is 17.8 Å². The van der Waals surface area contributed by atoms with Crippen molar-refractivity contribution < 1.29 is 0 Å². The van der Waals surface area contributed by atoms with E-state index >= 15 is 0 Å². The monoisotopic (exact) mass is 812 g/mol. The Morgan fingerprint density at radius 3 is 1.61 bits per heavy atom. The summed E-state index contributed by atoms with van der Waals surface area (Å²) in [6.45, 7) is 0. The minimum atomic E-state index is -0.439. The molecule has 0 unspecified atom stereocenters. The number of benzene rings is 10. The highest BCUT2D eigenvalue weighted by atomic mass is 15.0. The normalized spacial score (nSPS) is 12.8. The first kappa shape index (κ1) is 36.3. The first-order chi connectivity index (χ1) is 31.8. The van der Waals surface area contributed by atoms with Crippen molar-refractivity contribution in [1.29, 1.82) is 0 Å². The van der Waals surface area contributed by atoms with E-state index in [2.05, 4.69) is 247 Å². The largest absolute Gasteiger partial charge is 0.309 e. The predicted octanol–water partition coefficient (Wildman–Crippen LogP) is 15.8. The Morgan fingerprint density at radius 1 is 0.328 bits per heavy atom. The Labute approximate surface area is 372 Å². The van der Waals surface area contributed by atoms with E-state index in [4.69, 9.17) is 4.98 Å². The van der Waals surface area contributed by atoms with Gasteiger partial charge < -0.3 is 4.57 Å². The van der Waals surface area contributed by atoms with Gasteiger partial charge in [0.25, 0.3) is 0 Å². The molecule has 0 aliphatic heterocycles. The average Bonchev–Trinajstić information content (AvgIpc) is 3.88. The van der Waals surface area contributed by atoms with Gasteiger partial charge in [-0.15, -0.1) is 0 Å². The van der Waals surface area contributed by atoms with Crippen LogP contribution in [0, 0.1) is 0 Å². The first-order valence-corrected chi connectivity index (χ1v) is 22.1. The van der Waals surface area contributed by atoms with Gasteiger partial charge in [-0.2, -0.15) is 0 Å². The Kier molecular flexibility index (Phi) is 8.16. The maximum absolute atomic E-state index is 5.41. The zero-order valence-electron chi connectivity index (χ0n) is 35.0. The highest BCUT2D eigenvalue weighted by Gasteiger charge is 2.46. The van der Waals surface area contributed by atoms with Crippen molar-refractivity contribution in [3.8, 4) is 50.3 Å². The molecule has 2 nitrogen and oxygen atoms in total. The van der Waals surface area contributed by atoms with E-state index < -0.39 is 5.41 Å². The summed E-state index contributed by atoms with van der Waals surface area (Å²) in [5, 5.41) is 6.00. The summed E-state index contributed by atoms with van der Waals surface area (Å²) < 4.78 is 2.41. The highest BCUT2D eigenvalue weighted by Crippen LogP contribution is 2.56. The number of pyridine rings is 1. The standard InChI is InChI=1S/C62H40N2/c1-5-17-43(18-6-1)61-52-36-38-58-60(51-26-14-16-28-57(51)64(58)48-23-11-4-12-24-48)59(52)53-39-44(34-37-56(53)63-61)41-29-31-42(32-30-41)45-33-35-50-49-25-13-15-27-54(49)62(55(50)40-45,46-19-7-2-8-20-46)47-21-9-3-10-22-47/h1-40H. The van der Waals surface area contributed by atoms with Crippen LogP contribution in [-0.2, 0) is 5.41 Å². The van der Waals surface area contributed by atoms with Crippen LogP contribution in [0.3, 0.4) is 0 Å². The van der Waals surface area contributed by atoms with Gasteiger partial charge in [0.2, 0.25) is 0 Å². The van der Waals surface area contributed by atoms with Crippen LogP contribution in [0.15, 0.2) is 243 Å². The van der Waals surface area contributed by atoms with Crippen LogP contribution in [0.5, 0.6) is 0 Å². The molecule has 0 saturated heterocycles. The Hall–Kier alpha value is -8.33. The molecule has 0 spiro atoms. The summed E-state index contributed by atoms with van der Waals surface area (Å²) in [5.41, 5.74) is 18.7. The minimum absolute atomic E-state index is 0.439. The van der Waals surface area contributed by atoms with Crippen LogP contribution >= 0.6 is 0 Å². The van der Waals surface area contributed by atoms with Crippen molar-refractivity contribution in [2.75, 3.05) is 0 Å². The molecule has 0 saturated carbocycles. The van der Waals surface area contributed by atoms with E-state index in [0.717, 1.165) is 38.8 Å². The van der Waals surface area contributed by atoms with Gasteiger partial charge in [0.15, 0.2) is 0 Å². The van der Waals surface area contributed by atoms with Gasteiger partial charge >= 0.3 is 0 Å². The van der Waals surface area contributed by atoms with E-state index in [1.54, 1.807) is 0 Å². The molecule has 2 aromatic heterocycles. The highest BCUT2D eigenvalue weighted by molar-refractivity contribution is 6.29. The lowest BCUT2D eigenvalue weighted by molar-refractivity contribution is 0.769. The van der Waals surface area contributed by atoms with E-state index in [1.165, 1.54) is 77.3 Å². The third-order valence-electron chi connectivity index (χ3n) is 13.7. The molecule has 0 fully saturated rings. The molecule has 64 heavy (non-hydrogen) atoms. The first-order valence-electron chi connectivity index (χ1n) is 22.1. The third-order valence-corrected chi connectivity index (χ3v) is 13.7. The van der Waals surface area contributed by atoms with E-state index in [1.807, 2.05) is 0 Å². The van der Waals surface area contributed by atoms with Gasteiger partial charge in [-0.25, -0.2) is 4.98 Å².